The van der Waals surface area contributed by atoms with Crippen molar-refractivity contribution >= 4 is 21.6 Å². The Morgan fingerprint density at radius 2 is 2.10 bits per heavy atom. The predicted molar refractivity (Wildman–Crippen MR) is 78.0 cm³/mol. The van der Waals surface area contributed by atoms with Gasteiger partial charge in [0.1, 0.15) is 4.90 Å². The minimum atomic E-state index is -3.81. The standard InChI is InChI=1S/C13H19N3O4S/c1-13(18)5-2-6-16(8-13)21(19,20)11-4-3-9(12(15)17)7-10(11)14/h3-4,7,18H,2,5-6,8,14H2,1H3,(H2,15,17). The number of benzene rings is 1. The third-order valence-electron chi connectivity index (χ3n) is 3.55. The van der Waals surface area contributed by atoms with Crippen LogP contribution >= 0.6 is 0 Å². The number of rotatable bonds is 3. The number of carbonyl (C=O) groups excluding carboxylic acids is 1. The van der Waals surface area contributed by atoms with Crippen LogP contribution < -0.4 is 11.5 Å². The molecule has 7 nitrogen and oxygen atoms in total. The number of anilines is 1. The number of carbonyl (C=O) groups is 1. The van der Waals surface area contributed by atoms with E-state index in [0.717, 1.165) is 0 Å². The number of piperidine rings is 1. The van der Waals surface area contributed by atoms with Crippen LogP contribution in [0.4, 0.5) is 5.69 Å². The van der Waals surface area contributed by atoms with Crippen LogP contribution in [0.15, 0.2) is 23.1 Å². The third kappa shape index (κ3) is 3.17. The van der Waals surface area contributed by atoms with Gasteiger partial charge in [0.05, 0.1) is 11.3 Å². The van der Waals surface area contributed by atoms with Crippen LogP contribution in [0.5, 0.6) is 0 Å². The van der Waals surface area contributed by atoms with Crippen LogP contribution in [0.2, 0.25) is 0 Å². The minimum absolute atomic E-state index is 0.0202. The van der Waals surface area contributed by atoms with E-state index in [0.29, 0.717) is 19.4 Å². The van der Waals surface area contributed by atoms with Gasteiger partial charge in [-0.3, -0.25) is 4.79 Å². The van der Waals surface area contributed by atoms with Gasteiger partial charge in [-0.05, 0) is 38.0 Å². The van der Waals surface area contributed by atoms with E-state index in [4.69, 9.17) is 11.5 Å². The number of aliphatic hydroxyl groups is 1. The largest absolute Gasteiger partial charge is 0.398 e. The van der Waals surface area contributed by atoms with Crippen LogP contribution in [-0.4, -0.2) is 42.4 Å². The molecule has 1 heterocycles. The smallest absolute Gasteiger partial charge is 0.248 e. The highest BCUT2D eigenvalue weighted by molar-refractivity contribution is 7.89. The van der Waals surface area contributed by atoms with Gasteiger partial charge in [0, 0.05) is 18.7 Å². The number of hydrogen-bond donors (Lipinski definition) is 3. The van der Waals surface area contributed by atoms with E-state index in [1.54, 1.807) is 6.92 Å². The van der Waals surface area contributed by atoms with Crippen molar-refractivity contribution in [3.63, 3.8) is 0 Å². The van der Waals surface area contributed by atoms with Crippen molar-refractivity contribution in [2.24, 2.45) is 5.73 Å². The summed E-state index contributed by atoms with van der Waals surface area (Å²) in [7, 11) is -3.81. The SMILES string of the molecule is CC1(O)CCCN(S(=O)(=O)c2ccc(C(N)=O)cc2N)C1. The average molecular weight is 313 g/mol. The maximum atomic E-state index is 12.6. The van der Waals surface area contributed by atoms with Gasteiger partial charge in [-0.25, -0.2) is 8.42 Å². The number of sulfonamides is 1. The molecule has 1 unspecified atom stereocenters. The molecule has 0 saturated carbocycles. The fourth-order valence-corrected chi connectivity index (χ4v) is 4.15. The van der Waals surface area contributed by atoms with Crippen molar-refractivity contribution in [3.8, 4) is 0 Å². The summed E-state index contributed by atoms with van der Waals surface area (Å²) >= 11 is 0. The van der Waals surface area contributed by atoms with Crippen molar-refractivity contribution in [2.45, 2.75) is 30.3 Å². The van der Waals surface area contributed by atoms with E-state index in [9.17, 15) is 18.3 Å². The van der Waals surface area contributed by atoms with Crippen LogP contribution in [0.3, 0.4) is 0 Å². The van der Waals surface area contributed by atoms with E-state index < -0.39 is 21.5 Å². The van der Waals surface area contributed by atoms with Crippen LogP contribution in [0.25, 0.3) is 0 Å². The number of nitrogen functional groups attached to an aromatic ring is 1. The molecule has 0 aromatic heterocycles. The van der Waals surface area contributed by atoms with Gasteiger partial charge in [0.2, 0.25) is 15.9 Å². The Hall–Kier alpha value is -1.64. The van der Waals surface area contributed by atoms with Crippen LogP contribution in [0, 0.1) is 0 Å². The Bertz CT molecular complexity index is 670. The second kappa shape index (κ2) is 5.28. The first-order valence-corrected chi connectivity index (χ1v) is 7.99. The summed E-state index contributed by atoms with van der Waals surface area (Å²) in [6.45, 7) is 1.95. The lowest BCUT2D eigenvalue weighted by molar-refractivity contribution is 0.00941. The normalized spacial score (nSPS) is 23.9. The molecule has 1 fully saturated rings. The van der Waals surface area contributed by atoms with E-state index >= 15 is 0 Å². The van der Waals surface area contributed by atoms with E-state index in [-0.39, 0.29) is 22.7 Å². The zero-order valence-electron chi connectivity index (χ0n) is 11.7. The number of nitrogens with two attached hydrogens (primary N) is 2. The molecule has 1 aliphatic rings. The lowest BCUT2D eigenvalue weighted by atomic mass is 9.97. The molecule has 1 amide bonds. The summed E-state index contributed by atoms with van der Waals surface area (Å²) in [6.07, 6.45) is 1.13. The number of primary amides is 1. The summed E-state index contributed by atoms with van der Waals surface area (Å²) in [5.74, 6) is -0.674. The number of amides is 1. The second-order valence-electron chi connectivity index (χ2n) is 5.56. The van der Waals surface area contributed by atoms with Gasteiger partial charge in [-0.15, -0.1) is 0 Å². The Balaban J connectivity index is 2.38. The molecule has 0 aliphatic carbocycles. The molecule has 116 valence electrons. The Morgan fingerprint density at radius 3 is 2.62 bits per heavy atom. The van der Waals surface area contributed by atoms with Gasteiger partial charge in [0.15, 0.2) is 0 Å². The molecule has 2 rings (SSSR count). The van der Waals surface area contributed by atoms with Gasteiger partial charge in [0.25, 0.3) is 0 Å². The van der Waals surface area contributed by atoms with Crippen LogP contribution in [-0.2, 0) is 10.0 Å². The molecule has 0 bridgehead atoms. The molecule has 1 aromatic rings. The summed E-state index contributed by atoms with van der Waals surface area (Å²) in [5.41, 5.74) is 9.95. The highest BCUT2D eigenvalue weighted by Crippen LogP contribution is 2.29. The van der Waals surface area contributed by atoms with Gasteiger partial charge in [-0.2, -0.15) is 4.31 Å². The lowest BCUT2D eigenvalue weighted by Gasteiger charge is -2.36. The number of nitrogens with zero attached hydrogens (tertiary/aromatic N) is 1. The number of β-amino-alcohol motifs (C(OH)–C–C–N with tert-alkyl or cyclic N) is 1. The fraction of sp³-hybridized carbons (Fsp3) is 0.462. The molecule has 0 radical (unpaired) electrons. The van der Waals surface area contributed by atoms with Crippen LogP contribution in [0.1, 0.15) is 30.1 Å². The molecular weight excluding hydrogens is 294 g/mol. The van der Waals surface area contributed by atoms with Crippen molar-refractivity contribution < 1.29 is 18.3 Å². The quantitative estimate of drug-likeness (QED) is 0.672. The van der Waals surface area contributed by atoms with Crippen molar-refractivity contribution in [1.82, 2.24) is 4.31 Å². The first kappa shape index (κ1) is 15.7. The second-order valence-corrected chi connectivity index (χ2v) is 7.46. The van der Waals surface area contributed by atoms with E-state index in [2.05, 4.69) is 0 Å². The molecule has 1 aliphatic heterocycles. The van der Waals surface area contributed by atoms with Crippen molar-refractivity contribution in [3.05, 3.63) is 23.8 Å². The maximum Gasteiger partial charge on any atom is 0.248 e. The molecule has 1 atom stereocenters. The number of hydrogen-bond acceptors (Lipinski definition) is 5. The lowest BCUT2D eigenvalue weighted by Crippen LogP contribution is -2.48. The zero-order valence-corrected chi connectivity index (χ0v) is 12.6. The summed E-state index contributed by atoms with van der Waals surface area (Å²) in [5, 5.41) is 10.0. The summed E-state index contributed by atoms with van der Waals surface area (Å²) < 4.78 is 26.4. The highest BCUT2D eigenvalue weighted by atomic mass is 32.2. The maximum absolute atomic E-state index is 12.6. The molecule has 0 spiro atoms. The van der Waals surface area contributed by atoms with Crippen molar-refractivity contribution in [2.75, 3.05) is 18.8 Å². The van der Waals surface area contributed by atoms with E-state index in [1.807, 2.05) is 0 Å². The zero-order chi connectivity index (χ0) is 15.8. The summed E-state index contributed by atoms with van der Waals surface area (Å²) in [4.78, 5) is 11.0. The van der Waals surface area contributed by atoms with E-state index in [1.165, 1.54) is 22.5 Å². The topological polar surface area (TPSA) is 127 Å². The highest BCUT2D eigenvalue weighted by Gasteiger charge is 2.36. The first-order chi connectivity index (χ1) is 9.63. The molecule has 21 heavy (non-hydrogen) atoms. The van der Waals surface area contributed by atoms with Gasteiger partial charge in [-0.1, -0.05) is 0 Å². The molecule has 1 aromatic carbocycles. The first-order valence-electron chi connectivity index (χ1n) is 6.55. The summed E-state index contributed by atoms with van der Waals surface area (Å²) in [6, 6.07) is 3.85. The molecule has 5 N–H and O–H groups in total. The molecule has 8 heteroatoms. The van der Waals surface area contributed by atoms with Crippen molar-refractivity contribution in [1.29, 1.82) is 0 Å². The van der Waals surface area contributed by atoms with Gasteiger partial charge < -0.3 is 16.6 Å². The third-order valence-corrected chi connectivity index (χ3v) is 5.47. The Morgan fingerprint density at radius 1 is 1.43 bits per heavy atom. The van der Waals surface area contributed by atoms with Gasteiger partial charge >= 0.3 is 0 Å². The Labute approximate surface area is 123 Å². The average Bonchev–Trinajstić information content (AvgIpc) is 2.36. The molecular formula is C13H19N3O4S. The minimum Gasteiger partial charge on any atom is -0.398 e. The fourth-order valence-electron chi connectivity index (χ4n) is 2.46. The Kier molecular flexibility index (Phi) is 3.96. The monoisotopic (exact) mass is 313 g/mol. The predicted octanol–water partition coefficient (Wildman–Crippen LogP) is -0.0968. The molecule has 1 saturated heterocycles.